The topological polar surface area (TPSA) is 91.0 Å². The van der Waals surface area contributed by atoms with Crippen LogP contribution in [0.2, 0.25) is 0 Å². The molecule has 0 saturated carbocycles. The van der Waals surface area contributed by atoms with Crippen LogP contribution in [0, 0.1) is 0 Å². The monoisotopic (exact) mass is 273 g/mol. The van der Waals surface area contributed by atoms with Crippen molar-refractivity contribution >= 4 is 17.5 Å². The van der Waals surface area contributed by atoms with E-state index in [0.717, 1.165) is 5.56 Å². The number of rotatable bonds is 4. The molecule has 2 N–H and O–H groups in total. The molecule has 0 aliphatic carbocycles. The predicted molar refractivity (Wildman–Crippen MR) is 72.9 cm³/mol. The second-order valence-electron chi connectivity index (χ2n) is 4.36. The van der Waals surface area contributed by atoms with Crippen molar-refractivity contribution in [3.8, 4) is 0 Å². The average Bonchev–Trinajstić information content (AvgIpc) is 2.92. The summed E-state index contributed by atoms with van der Waals surface area (Å²) in [6.45, 7) is 2.00. The first-order valence-corrected chi connectivity index (χ1v) is 6.03. The number of nitrogens with zero attached hydrogens (tertiary/aromatic N) is 3. The van der Waals surface area contributed by atoms with Crippen molar-refractivity contribution in [2.45, 2.75) is 13.5 Å². The third kappa shape index (κ3) is 3.41. The summed E-state index contributed by atoms with van der Waals surface area (Å²) >= 11 is 0. The zero-order valence-electron chi connectivity index (χ0n) is 11.3. The Morgan fingerprint density at radius 2 is 2.20 bits per heavy atom. The molecule has 1 aromatic heterocycles. The Morgan fingerprint density at radius 3 is 2.85 bits per heavy atom. The lowest BCUT2D eigenvalue weighted by Crippen LogP contribution is -2.23. The fourth-order valence-electron chi connectivity index (χ4n) is 1.64. The summed E-state index contributed by atoms with van der Waals surface area (Å²) in [4.78, 5) is 28.4. The summed E-state index contributed by atoms with van der Waals surface area (Å²) in [5, 5.41) is 8.82. The Bertz CT molecular complexity index is 609. The number of nitrogens with one attached hydrogen (secondary N) is 2. The molecular weight excluding hydrogens is 258 g/mol. The van der Waals surface area contributed by atoms with Crippen LogP contribution in [0.25, 0.3) is 0 Å². The van der Waals surface area contributed by atoms with Gasteiger partial charge in [0, 0.05) is 26.2 Å². The number of hydrogen-bond acceptors (Lipinski definition) is 4. The number of carbonyl (C=O) groups is 2. The van der Waals surface area contributed by atoms with Crippen LogP contribution >= 0.6 is 0 Å². The van der Waals surface area contributed by atoms with Crippen LogP contribution in [0.5, 0.6) is 0 Å². The first-order valence-electron chi connectivity index (χ1n) is 6.03. The van der Waals surface area contributed by atoms with Gasteiger partial charge >= 0.3 is 0 Å². The SMILES string of the molecule is CC(=O)N(C)Cc1cccc(NC(=O)c2ncn[nH]2)c1. The Labute approximate surface area is 116 Å². The number of H-pyrrole nitrogens is 1. The zero-order chi connectivity index (χ0) is 14.5. The molecule has 0 fully saturated rings. The standard InChI is InChI=1S/C13H15N5O2/c1-9(19)18(2)7-10-4-3-5-11(6-10)16-13(20)12-14-8-15-17-12/h3-6,8H,7H2,1-2H3,(H,16,20)(H,14,15,17). The average molecular weight is 273 g/mol. The number of benzene rings is 1. The van der Waals surface area contributed by atoms with Gasteiger partial charge in [-0.25, -0.2) is 4.98 Å². The number of anilines is 1. The van der Waals surface area contributed by atoms with Crippen LogP contribution in [0.3, 0.4) is 0 Å². The number of hydrogen-bond donors (Lipinski definition) is 2. The van der Waals surface area contributed by atoms with Crippen molar-refractivity contribution in [3.05, 3.63) is 42.0 Å². The van der Waals surface area contributed by atoms with Crippen molar-refractivity contribution in [2.75, 3.05) is 12.4 Å². The minimum absolute atomic E-state index is 0.0129. The molecule has 0 spiro atoms. The van der Waals surface area contributed by atoms with Crippen LogP contribution in [-0.2, 0) is 11.3 Å². The van der Waals surface area contributed by atoms with Gasteiger partial charge in [-0.05, 0) is 17.7 Å². The van der Waals surface area contributed by atoms with E-state index in [1.54, 1.807) is 18.0 Å². The first-order chi connectivity index (χ1) is 9.56. The summed E-state index contributed by atoms with van der Waals surface area (Å²) in [5.41, 5.74) is 1.57. The number of carbonyl (C=O) groups excluding carboxylic acids is 2. The van der Waals surface area contributed by atoms with Gasteiger partial charge in [-0.2, -0.15) is 5.10 Å². The van der Waals surface area contributed by atoms with Gasteiger partial charge in [0.1, 0.15) is 6.33 Å². The van der Waals surface area contributed by atoms with E-state index < -0.39 is 0 Å². The third-order valence-electron chi connectivity index (χ3n) is 2.77. The van der Waals surface area contributed by atoms with Gasteiger partial charge < -0.3 is 10.2 Å². The van der Waals surface area contributed by atoms with E-state index in [4.69, 9.17) is 0 Å². The quantitative estimate of drug-likeness (QED) is 0.870. The van der Waals surface area contributed by atoms with Crippen LogP contribution in [-0.4, -0.2) is 38.9 Å². The molecule has 2 aromatic rings. The molecule has 104 valence electrons. The zero-order valence-corrected chi connectivity index (χ0v) is 11.3. The molecule has 0 radical (unpaired) electrons. The number of amides is 2. The molecule has 2 amide bonds. The molecular formula is C13H15N5O2. The maximum atomic E-state index is 11.8. The lowest BCUT2D eigenvalue weighted by molar-refractivity contribution is -0.128. The molecule has 0 aliphatic heterocycles. The fraction of sp³-hybridized carbons (Fsp3) is 0.231. The molecule has 0 bridgehead atoms. The Kier molecular flexibility index (Phi) is 4.09. The lowest BCUT2D eigenvalue weighted by atomic mass is 10.2. The summed E-state index contributed by atoms with van der Waals surface area (Å²) in [6.07, 6.45) is 1.27. The molecule has 2 rings (SSSR count). The molecule has 7 heteroatoms. The second-order valence-corrected chi connectivity index (χ2v) is 4.36. The molecule has 0 aliphatic rings. The van der Waals surface area contributed by atoms with Crippen LogP contribution in [0.4, 0.5) is 5.69 Å². The molecule has 1 aromatic carbocycles. The summed E-state index contributed by atoms with van der Waals surface area (Å²) in [7, 11) is 1.72. The first kappa shape index (κ1) is 13.7. The van der Waals surface area contributed by atoms with Gasteiger partial charge in [-0.3, -0.25) is 14.7 Å². The summed E-state index contributed by atoms with van der Waals surface area (Å²) in [5.74, 6) is -0.225. The van der Waals surface area contributed by atoms with Crippen molar-refractivity contribution in [1.29, 1.82) is 0 Å². The fourth-order valence-corrected chi connectivity index (χ4v) is 1.64. The largest absolute Gasteiger partial charge is 0.342 e. The van der Waals surface area contributed by atoms with Crippen molar-refractivity contribution in [1.82, 2.24) is 20.1 Å². The van der Waals surface area contributed by atoms with Gasteiger partial charge in [0.15, 0.2) is 0 Å². The highest BCUT2D eigenvalue weighted by Gasteiger charge is 2.09. The van der Waals surface area contributed by atoms with Gasteiger partial charge in [0.2, 0.25) is 11.7 Å². The normalized spacial score (nSPS) is 10.1. The summed E-state index contributed by atoms with van der Waals surface area (Å²) < 4.78 is 0. The minimum Gasteiger partial charge on any atom is -0.342 e. The van der Waals surface area contributed by atoms with Crippen LogP contribution < -0.4 is 5.32 Å². The molecule has 1 heterocycles. The Balaban J connectivity index is 2.06. The van der Waals surface area contributed by atoms with Gasteiger partial charge in [-0.15, -0.1) is 0 Å². The van der Waals surface area contributed by atoms with E-state index in [-0.39, 0.29) is 17.6 Å². The van der Waals surface area contributed by atoms with E-state index in [0.29, 0.717) is 12.2 Å². The van der Waals surface area contributed by atoms with Crippen molar-refractivity contribution < 1.29 is 9.59 Å². The highest BCUT2D eigenvalue weighted by atomic mass is 16.2. The van der Waals surface area contributed by atoms with Crippen molar-refractivity contribution in [3.63, 3.8) is 0 Å². The molecule has 0 saturated heterocycles. The van der Waals surface area contributed by atoms with E-state index in [1.807, 2.05) is 18.2 Å². The summed E-state index contributed by atoms with van der Waals surface area (Å²) in [6, 6.07) is 7.29. The smallest absolute Gasteiger partial charge is 0.292 e. The third-order valence-corrected chi connectivity index (χ3v) is 2.77. The van der Waals surface area contributed by atoms with Crippen LogP contribution in [0.15, 0.2) is 30.6 Å². The van der Waals surface area contributed by atoms with Gasteiger partial charge in [0.25, 0.3) is 5.91 Å². The molecule has 0 atom stereocenters. The highest BCUT2D eigenvalue weighted by molar-refractivity contribution is 6.01. The number of aromatic amines is 1. The molecule has 20 heavy (non-hydrogen) atoms. The maximum absolute atomic E-state index is 11.8. The minimum atomic E-state index is -0.362. The van der Waals surface area contributed by atoms with Gasteiger partial charge in [0.05, 0.1) is 0 Å². The number of aromatic nitrogens is 3. The van der Waals surface area contributed by atoms with Crippen LogP contribution in [0.1, 0.15) is 23.1 Å². The highest BCUT2D eigenvalue weighted by Crippen LogP contribution is 2.13. The van der Waals surface area contributed by atoms with E-state index in [2.05, 4.69) is 20.5 Å². The Hall–Kier alpha value is -2.70. The second kappa shape index (κ2) is 5.96. The van der Waals surface area contributed by atoms with E-state index in [9.17, 15) is 9.59 Å². The predicted octanol–water partition coefficient (Wildman–Crippen LogP) is 1.04. The molecule has 0 unspecified atom stereocenters. The molecule has 7 nitrogen and oxygen atoms in total. The van der Waals surface area contributed by atoms with E-state index >= 15 is 0 Å². The van der Waals surface area contributed by atoms with Gasteiger partial charge in [-0.1, -0.05) is 12.1 Å². The van der Waals surface area contributed by atoms with Crippen molar-refractivity contribution in [2.24, 2.45) is 0 Å². The lowest BCUT2D eigenvalue weighted by Gasteiger charge is -2.15. The van der Waals surface area contributed by atoms with E-state index in [1.165, 1.54) is 13.3 Å². The Morgan fingerprint density at radius 1 is 1.40 bits per heavy atom. The maximum Gasteiger partial charge on any atom is 0.292 e.